The monoisotopic (exact) mass is 726 g/mol. The number of fused-ring (bicyclic) bond motifs is 6. The van der Waals surface area contributed by atoms with Crippen LogP contribution in [0.1, 0.15) is 22.3 Å². The number of anilines is 3. The van der Waals surface area contributed by atoms with Crippen molar-refractivity contribution in [1.29, 1.82) is 0 Å². The van der Waals surface area contributed by atoms with E-state index in [1.165, 1.54) is 66.3 Å². The molecule has 2 nitrogen and oxygen atoms in total. The highest BCUT2D eigenvalue weighted by molar-refractivity contribution is 6.10. The second-order valence-corrected chi connectivity index (χ2v) is 14.9. The summed E-state index contributed by atoms with van der Waals surface area (Å²) in [5, 5.41) is 2.50. The first kappa shape index (κ1) is 33.0. The summed E-state index contributed by atoms with van der Waals surface area (Å²) in [6.07, 6.45) is 0. The molecule has 0 N–H and O–H groups in total. The van der Waals surface area contributed by atoms with Crippen LogP contribution in [0, 0.1) is 0 Å². The molecule has 0 atom stereocenters. The molecule has 0 aliphatic heterocycles. The van der Waals surface area contributed by atoms with E-state index in [4.69, 9.17) is 0 Å². The van der Waals surface area contributed by atoms with Gasteiger partial charge in [-0.1, -0.05) is 164 Å². The predicted molar refractivity (Wildman–Crippen MR) is 238 cm³/mol. The van der Waals surface area contributed by atoms with E-state index < -0.39 is 5.41 Å². The standard InChI is InChI=1S/C55H38N2/c1-5-17-39(18-6-1)40-29-36-54-50(37-40)49-26-14-16-28-53(49)57(54)45-32-30-44(31-33-45)56(43-23-11-4-12-24-43)46-34-35-48-47-25-13-15-27-51(47)55(52(48)38-46,41-19-7-2-8-20-41)42-21-9-3-10-22-42/h1-38H. The molecule has 1 aliphatic rings. The second kappa shape index (κ2) is 13.4. The molecule has 0 saturated heterocycles. The minimum atomic E-state index is -0.479. The lowest BCUT2D eigenvalue weighted by Gasteiger charge is -2.35. The van der Waals surface area contributed by atoms with Crippen molar-refractivity contribution >= 4 is 38.9 Å². The third-order valence-corrected chi connectivity index (χ3v) is 11.9. The summed E-state index contributed by atoms with van der Waals surface area (Å²) in [6.45, 7) is 0. The molecule has 57 heavy (non-hydrogen) atoms. The molecule has 0 radical (unpaired) electrons. The Kier molecular flexibility index (Phi) is 7.75. The van der Waals surface area contributed by atoms with Gasteiger partial charge in [0.25, 0.3) is 0 Å². The fraction of sp³-hybridized carbons (Fsp3) is 0.0182. The molecule has 11 rings (SSSR count). The minimum Gasteiger partial charge on any atom is -0.310 e. The number of hydrogen-bond acceptors (Lipinski definition) is 1. The normalized spacial score (nSPS) is 12.7. The molecule has 0 saturated carbocycles. The Morgan fingerprint density at radius 2 is 0.877 bits per heavy atom. The number of para-hydroxylation sites is 2. The van der Waals surface area contributed by atoms with E-state index in [0.29, 0.717) is 0 Å². The third-order valence-electron chi connectivity index (χ3n) is 11.9. The minimum absolute atomic E-state index is 0.479. The number of rotatable bonds is 7. The third kappa shape index (κ3) is 5.18. The van der Waals surface area contributed by atoms with Gasteiger partial charge in [0.2, 0.25) is 0 Å². The van der Waals surface area contributed by atoms with Crippen LogP contribution < -0.4 is 4.90 Å². The van der Waals surface area contributed by atoms with Gasteiger partial charge in [0.05, 0.1) is 16.4 Å². The SMILES string of the molecule is c1ccc(-c2ccc3c(c2)c2ccccc2n3-c2ccc(N(c3ccccc3)c3ccc4c(c3)C(c3ccccc3)(c3ccccc3)c3ccccc3-4)cc2)cc1. The van der Waals surface area contributed by atoms with Crippen LogP contribution >= 0.6 is 0 Å². The lowest BCUT2D eigenvalue weighted by Crippen LogP contribution is -2.28. The van der Waals surface area contributed by atoms with Crippen molar-refractivity contribution < 1.29 is 0 Å². The Morgan fingerprint density at radius 1 is 0.333 bits per heavy atom. The maximum absolute atomic E-state index is 2.44. The molecule has 0 amide bonds. The molecule has 268 valence electrons. The maximum Gasteiger partial charge on any atom is 0.0714 e. The van der Waals surface area contributed by atoms with Gasteiger partial charge in [-0.05, 0) is 111 Å². The van der Waals surface area contributed by atoms with Crippen LogP contribution in [0.2, 0.25) is 0 Å². The van der Waals surface area contributed by atoms with Crippen molar-refractivity contribution in [2.45, 2.75) is 5.41 Å². The van der Waals surface area contributed by atoms with Crippen LogP contribution in [-0.4, -0.2) is 4.57 Å². The van der Waals surface area contributed by atoms with Crippen LogP contribution in [0.25, 0.3) is 49.7 Å². The number of nitrogens with zero attached hydrogens (tertiary/aromatic N) is 2. The molecular weight excluding hydrogens is 689 g/mol. The molecule has 0 unspecified atom stereocenters. The van der Waals surface area contributed by atoms with E-state index in [1.54, 1.807) is 0 Å². The average Bonchev–Trinajstić information content (AvgIpc) is 3.78. The van der Waals surface area contributed by atoms with Gasteiger partial charge in [0, 0.05) is 33.5 Å². The van der Waals surface area contributed by atoms with Crippen LogP contribution in [0.3, 0.4) is 0 Å². The first-order valence-corrected chi connectivity index (χ1v) is 19.7. The molecule has 1 aliphatic carbocycles. The van der Waals surface area contributed by atoms with Gasteiger partial charge in [-0.2, -0.15) is 0 Å². The highest BCUT2D eigenvalue weighted by Crippen LogP contribution is 2.57. The van der Waals surface area contributed by atoms with Crippen LogP contribution in [-0.2, 0) is 5.41 Å². The maximum atomic E-state index is 2.44. The molecule has 10 aromatic rings. The lowest BCUT2D eigenvalue weighted by atomic mass is 9.67. The Balaban J connectivity index is 1.08. The lowest BCUT2D eigenvalue weighted by molar-refractivity contribution is 0.768. The Bertz CT molecular complexity index is 3000. The van der Waals surface area contributed by atoms with Crippen LogP contribution in [0.4, 0.5) is 17.1 Å². The number of hydrogen-bond donors (Lipinski definition) is 0. The van der Waals surface area contributed by atoms with E-state index in [2.05, 4.69) is 240 Å². The zero-order valence-corrected chi connectivity index (χ0v) is 31.3. The molecule has 0 bridgehead atoms. The molecule has 1 aromatic heterocycles. The Hall–Kier alpha value is -7.42. The van der Waals surface area contributed by atoms with Crippen molar-refractivity contribution in [3.05, 3.63) is 253 Å². The Morgan fingerprint density at radius 3 is 1.60 bits per heavy atom. The van der Waals surface area contributed by atoms with Crippen molar-refractivity contribution in [1.82, 2.24) is 4.57 Å². The zero-order chi connectivity index (χ0) is 37.8. The summed E-state index contributed by atoms with van der Waals surface area (Å²) in [4.78, 5) is 2.39. The fourth-order valence-corrected chi connectivity index (χ4v) is 9.41. The summed E-state index contributed by atoms with van der Waals surface area (Å²) in [5.74, 6) is 0. The van der Waals surface area contributed by atoms with Gasteiger partial charge in [0.15, 0.2) is 0 Å². The molecule has 0 spiro atoms. The summed E-state index contributed by atoms with van der Waals surface area (Å²) in [6, 6.07) is 84.1. The first-order valence-electron chi connectivity index (χ1n) is 19.7. The van der Waals surface area contributed by atoms with Gasteiger partial charge in [-0.3, -0.25) is 0 Å². The van der Waals surface area contributed by atoms with Gasteiger partial charge in [0.1, 0.15) is 0 Å². The predicted octanol–water partition coefficient (Wildman–Crippen LogP) is 14.3. The topological polar surface area (TPSA) is 8.17 Å². The van der Waals surface area contributed by atoms with Crippen molar-refractivity contribution in [2.75, 3.05) is 4.90 Å². The van der Waals surface area contributed by atoms with Gasteiger partial charge in [-0.15, -0.1) is 0 Å². The highest BCUT2D eigenvalue weighted by atomic mass is 15.1. The van der Waals surface area contributed by atoms with E-state index >= 15 is 0 Å². The largest absolute Gasteiger partial charge is 0.310 e. The summed E-state index contributed by atoms with van der Waals surface area (Å²) in [5.41, 5.74) is 16.5. The smallest absolute Gasteiger partial charge is 0.0714 e. The van der Waals surface area contributed by atoms with Gasteiger partial charge in [-0.25, -0.2) is 0 Å². The van der Waals surface area contributed by atoms with Crippen molar-refractivity contribution in [3.8, 4) is 27.9 Å². The molecular formula is C55H38N2. The first-order chi connectivity index (χ1) is 28.3. The van der Waals surface area contributed by atoms with Crippen LogP contribution in [0.5, 0.6) is 0 Å². The number of aromatic nitrogens is 1. The highest BCUT2D eigenvalue weighted by Gasteiger charge is 2.46. The Labute approximate surface area is 333 Å². The molecule has 9 aromatic carbocycles. The summed E-state index contributed by atoms with van der Waals surface area (Å²) < 4.78 is 2.40. The van der Waals surface area contributed by atoms with E-state index in [1.807, 2.05) is 0 Å². The fourth-order valence-electron chi connectivity index (χ4n) is 9.41. The van der Waals surface area contributed by atoms with Crippen molar-refractivity contribution in [2.24, 2.45) is 0 Å². The van der Waals surface area contributed by atoms with E-state index in [9.17, 15) is 0 Å². The second-order valence-electron chi connectivity index (χ2n) is 14.9. The van der Waals surface area contributed by atoms with Gasteiger partial charge >= 0.3 is 0 Å². The molecule has 2 heteroatoms. The zero-order valence-electron chi connectivity index (χ0n) is 31.3. The van der Waals surface area contributed by atoms with Gasteiger partial charge < -0.3 is 9.47 Å². The summed E-state index contributed by atoms with van der Waals surface area (Å²) >= 11 is 0. The molecule has 0 fully saturated rings. The van der Waals surface area contributed by atoms with E-state index in [0.717, 1.165) is 22.7 Å². The summed E-state index contributed by atoms with van der Waals surface area (Å²) in [7, 11) is 0. The number of benzene rings is 9. The van der Waals surface area contributed by atoms with E-state index in [-0.39, 0.29) is 0 Å². The molecule has 1 heterocycles. The average molecular weight is 727 g/mol. The quantitative estimate of drug-likeness (QED) is 0.159. The van der Waals surface area contributed by atoms with Crippen molar-refractivity contribution in [3.63, 3.8) is 0 Å². The van der Waals surface area contributed by atoms with Crippen LogP contribution in [0.15, 0.2) is 231 Å².